The molecule has 78 valence electrons. The van der Waals surface area contributed by atoms with Gasteiger partial charge in [0.15, 0.2) is 5.69 Å². The van der Waals surface area contributed by atoms with Gasteiger partial charge < -0.3 is 4.74 Å². The largest absolute Gasteiger partial charge is 0.455 e. The second-order valence-corrected chi connectivity index (χ2v) is 4.79. The number of halogens is 1. The van der Waals surface area contributed by atoms with E-state index in [4.69, 9.17) is 4.74 Å². The number of aryl methyl sites for hydroxylation is 1. The minimum atomic E-state index is -0.485. The van der Waals surface area contributed by atoms with Gasteiger partial charge >= 0.3 is 5.97 Å². The lowest BCUT2D eigenvalue weighted by molar-refractivity contribution is 0.00621. The molecule has 0 atom stereocenters. The summed E-state index contributed by atoms with van der Waals surface area (Å²) in [7, 11) is 1.75. The second kappa shape index (κ2) is 3.73. The predicted octanol–water partition coefficient (Wildman–Crippen LogP) is 2.14. The van der Waals surface area contributed by atoms with Gasteiger partial charge in [0.1, 0.15) is 10.2 Å². The van der Waals surface area contributed by atoms with E-state index >= 15 is 0 Å². The molecule has 0 saturated carbocycles. The van der Waals surface area contributed by atoms with Gasteiger partial charge in [-0.25, -0.2) is 4.79 Å². The Labute approximate surface area is 91.4 Å². The summed E-state index contributed by atoms with van der Waals surface area (Å²) in [6.45, 7) is 5.47. The van der Waals surface area contributed by atoms with E-state index in [-0.39, 0.29) is 0 Å². The van der Waals surface area contributed by atoms with Crippen LogP contribution < -0.4 is 0 Å². The SMILES string of the molecule is Cn1nc(C(=O)OC(C)(C)C)cc1Br. The zero-order valence-corrected chi connectivity index (χ0v) is 10.3. The Hall–Kier alpha value is -0.840. The first-order valence-electron chi connectivity index (χ1n) is 4.22. The molecule has 0 spiro atoms. The van der Waals surface area contributed by atoms with Gasteiger partial charge in [-0.3, -0.25) is 4.68 Å². The number of ether oxygens (including phenoxy) is 1. The number of esters is 1. The average molecular weight is 261 g/mol. The number of rotatable bonds is 1. The Bertz CT molecular complexity index is 333. The first kappa shape index (κ1) is 11.2. The van der Waals surface area contributed by atoms with Crippen LogP contribution in [0.15, 0.2) is 10.7 Å². The van der Waals surface area contributed by atoms with E-state index in [2.05, 4.69) is 21.0 Å². The molecule has 0 aliphatic carbocycles. The highest BCUT2D eigenvalue weighted by Crippen LogP contribution is 2.14. The van der Waals surface area contributed by atoms with E-state index in [0.717, 1.165) is 4.60 Å². The molecule has 0 radical (unpaired) electrons. The molecule has 0 amide bonds. The van der Waals surface area contributed by atoms with Crippen LogP contribution in [0.1, 0.15) is 31.3 Å². The van der Waals surface area contributed by atoms with Crippen molar-refractivity contribution < 1.29 is 9.53 Å². The van der Waals surface area contributed by atoms with Crippen LogP contribution in [0.4, 0.5) is 0 Å². The van der Waals surface area contributed by atoms with Gasteiger partial charge in [0.05, 0.1) is 0 Å². The molecule has 1 aromatic heterocycles. The normalized spacial score (nSPS) is 11.5. The minimum absolute atomic E-state index is 0.314. The summed E-state index contributed by atoms with van der Waals surface area (Å²) in [4.78, 5) is 11.5. The van der Waals surface area contributed by atoms with Gasteiger partial charge in [-0.2, -0.15) is 5.10 Å². The number of carbonyl (C=O) groups is 1. The molecule has 1 rings (SSSR count). The maximum Gasteiger partial charge on any atom is 0.359 e. The smallest absolute Gasteiger partial charge is 0.359 e. The molecule has 0 fully saturated rings. The standard InChI is InChI=1S/C9H13BrN2O2/c1-9(2,3)14-8(13)6-5-7(10)12(4)11-6/h5H,1-4H3. The highest BCUT2D eigenvalue weighted by molar-refractivity contribution is 9.10. The predicted molar refractivity (Wildman–Crippen MR) is 56.1 cm³/mol. The van der Waals surface area contributed by atoms with Gasteiger partial charge in [0, 0.05) is 13.1 Å². The Morgan fingerprint density at radius 1 is 1.57 bits per heavy atom. The summed E-state index contributed by atoms with van der Waals surface area (Å²) in [5.74, 6) is -0.404. The summed E-state index contributed by atoms with van der Waals surface area (Å²) in [6.07, 6.45) is 0. The van der Waals surface area contributed by atoms with E-state index < -0.39 is 11.6 Å². The number of hydrogen-bond acceptors (Lipinski definition) is 3. The summed E-state index contributed by atoms with van der Waals surface area (Å²) in [5, 5.41) is 3.99. The molecule has 0 saturated heterocycles. The molecule has 1 aromatic rings. The summed E-state index contributed by atoms with van der Waals surface area (Å²) in [6, 6.07) is 1.63. The third kappa shape index (κ3) is 2.83. The quantitative estimate of drug-likeness (QED) is 0.727. The van der Waals surface area contributed by atoms with Crippen molar-refractivity contribution in [2.24, 2.45) is 7.05 Å². The molecule has 14 heavy (non-hydrogen) atoms. The van der Waals surface area contributed by atoms with Crippen molar-refractivity contribution in [2.45, 2.75) is 26.4 Å². The van der Waals surface area contributed by atoms with Crippen molar-refractivity contribution in [3.63, 3.8) is 0 Å². The summed E-state index contributed by atoms with van der Waals surface area (Å²) in [5.41, 5.74) is -0.171. The number of nitrogens with zero attached hydrogens (tertiary/aromatic N) is 2. The highest BCUT2D eigenvalue weighted by atomic mass is 79.9. The Morgan fingerprint density at radius 2 is 2.14 bits per heavy atom. The molecule has 0 unspecified atom stereocenters. The van der Waals surface area contributed by atoms with Crippen LogP contribution >= 0.6 is 15.9 Å². The van der Waals surface area contributed by atoms with E-state index in [1.54, 1.807) is 17.8 Å². The Kier molecular flexibility index (Phi) is 2.99. The maximum absolute atomic E-state index is 11.5. The minimum Gasteiger partial charge on any atom is -0.455 e. The zero-order chi connectivity index (χ0) is 10.9. The molecule has 0 aliphatic rings. The van der Waals surface area contributed by atoms with Crippen molar-refractivity contribution in [1.29, 1.82) is 0 Å². The average Bonchev–Trinajstić information content (AvgIpc) is 2.28. The molecule has 0 bridgehead atoms. The first-order chi connectivity index (χ1) is 6.29. The maximum atomic E-state index is 11.5. The van der Waals surface area contributed by atoms with Crippen LogP contribution in [0.2, 0.25) is 0 Å². The lowest BCUT2D eigenvalue weighted by Crippen LogP contribution is -2.24. The molecule has 0 N–H and O–H groups in total. The van der Waals surface area contributed by atoms with Crippen molar-refractivity contribution in [3.8, 4) is 0 Å². The van der Waals surface area contributed by atoms with Crippen molar-refractivity contribution in [3.05, 3.63) is 16.4 Å². The van der Waals surface area contributed by atoms with Crippen LogP contribution in [-0.2, 0) is 11.8 Å². The van der Waals surface area contributed by atoms with E-state index in [1.165, 1.54) is 0 Å². The van der Waals surface area contributed by atoms with Crippen LogP contribution in [-0.4, -0.2) is 21.4 Å². The van der Waals surface area contributed by atoms with E-state index in [0.29, 0.717) is 5.69 Å². The van der Waals surface area contributed by atoms with Crippen LogP contribution in [0, 0.1) is 0 Å². The Balaban J connectivity index is 2.80. The molecular weight excluding hydrogens is 248 g/mol. The van der Waals surface area contributed by atoms with Gasteiger partial charge in [-0.15, -0.1) is 0 Å². The van der Waals surface area contributed by atoms with Gasteiger partial charge in [0.2, 0.25) is 0 Å². The molecule has 0 aromatic carbocycles. The molecule has 4 nitrogen and oxygen atoms in total. The lowest BCUT2D eigenvalue weighted by atomic mass is 10.2. The fourth-order valence-corrected chi connectivity index (χ4v) is 1.17. The summed E-state index contributed by atoms with van der Waals surface area (Å²) < 4.78 is 7.47. The number of hydrogen-bond donors (Lipinski definition) is 0. The fraction of sp³-hybridized carbons (Fsp3) is 0.556. The molecule has 1 heterocycles. The number of carbonyl (C=O) groups excluding carboxylic acids is 1. The topological polar surface area (TPSA) is 44.1 Å². The molecule has 0 aliphatic heterocycles. The molecule has 5 heteroatoms. The molecular formula is C9H13BrN2O2. The third-order valence-corrected chi connectivity index (χ3v) is 2.17. The highest BCUT2D eigenvalue weighted by Gasteiger charge is 2.20. The van der Waals surface area contributed by atoms with Crippen molar-refractivity contribution in [2.75, 3.05) is 0 Å². The summed E-state index contributed by atoms with van der Waals surface area (Å²) >= 11 is 3.26. The van der Waals surface area contributed by atoms with Gasteiger partial charge in [-0.05, 0) is 36.7 Å². The van der Waals surface area contributed by atoms with Gasteiger partial charge in [-0.1, -0.05) is 0 Å². The van der Waals surface area contributed by atoms with Crippen molar-refractivity contribution in [1.82, 2.24) is 9.78 Å². The first-order valence-corrected chi connectivity index (χ1v) is 5.02. The van der Waals surface area contributed by atoms with E-state index in [9.17, 15) is 4.79 Å². The van der Waals surface area contributed by atoms with E-state index in [1.807, 2.05) is 20.8 Å². The van der Waals surface area contributed by atoms with Crippen LogP contribution in [0.25, 0.3) is 0 Å². The second-order valence-electron chi connectivity index (χ2n) is 3.98. The zero-order valence-electron chi connectivity index (χ0n) is 8.67. The fourth-order valence-electron chi connectivity index (χ4n) is 0.875. The van der Waals surface area contributed by atoms with Gasteiger partial charge in [0.25, 0.3) is 0 Å². The van der Waals surface area contributed by atoms with Crippen LogP contribution in [0.3, 0.4) is 0 Å². The number of aromatic nitrogens is 2. The third-order valence-electron chi connectivity index (χ3n) is 1.43. The van der Waals surface area contributed by atoms with Crippen LogP contribution in [0.5, 0.6) is 0 Å². The Morgan fingerprint density at radius 3 is 2.50 bits per heavy atom. The monoisotopic (exact) mass is 260 g/mol. The van der Waals surface area contributed by atoms with Crippen molar-refractivity contribution >= 4 is 21.9 Å². The lowest BCUT2D eigenvalue weighted by Gasteiger charge is -2.18.